The smallest absolute Gasteiger partial charge is 0.225 e. The lowest BCUT2D eigenvalue weighted by Crippen LogP contribution is -2.47. The van der Waals surface area contributed by atoms with Gasteiger partial charge in [-0.1, -0.05) is 78.9 Å². The molecule has 2 amide bonds. The highest BCUT2D eigenvalue weighted by Crippen LogP contribution is 2.38. The molecular formula is C27H28N2O3. The first kappa shape index (κ1) is 21.6. The van der Waals surface area contributed by atoms with Crippen LogP contribution in [0.1, 0.15) is 35.6 Å². The molecule has 32 heavy (non-hydrogen) atoms. The van der Waals surface area contributed by atoms with Gasteiger partial charge < -0.3 is 15.0 Å². The highest BCUT2D eigenvalue weighted by Gasteiger charge is 2.40. The minimum atomic E-state index is -0.325. The van der Waals surface area contributed by atoms with Gasteiger partial charge in [0.2, 0.25) is 11.8 Å². The fourth-order valence-corrected chi connectivity index (χ4v) is 4.42. The molecule has 0 saturated carbocycles. The number of nitrogens with one attached hydrogen (secondary N) is 1. The van der Waals surface area contributed by atoms with Crippen LogP contribution < -0.4 is 10.1 Å². The minimum Gasteiger partial charge on any atom is -0.496 e. The third-order valence-electron chi connectivity index (χ3n) is 6.03. The molecule has 0 bridgehead atoms. The summed E-state index contributed by atoms with van der Waals surface area (Å²) in [6.07, 6.45) is 0.893. The van der Waals surface area contributed by atoms with Gasteiger partial charge in [0.05, 0.1) is 19.1 Å². The molecule has 1 saturated heterocycles. The Hall–Kier alpha value is -3.60. The Morgan fingerprint density at radius 2 is 1.62 bits per heavy atom. The van der Waals surface area contributed by atoms with Crippen LogP contribution in [-0.4, -0.2) is 23.8 Å². The molecule has 1 fully saturated rings. The van der Waals surface area contributed by atoms with Gasteiger partial charge in [0.25, 0.3) is 0 Å². The highest BCUT2D eigenvalue weighted by atomic mass is 16.5. The van der Waals surface area contributed by atoms with Crippen molar-refractivity contribution in [2.45, 2.75) is 32.0 Å². The van der Waals surface area contributed by atoms with E-state index in [1.165, 1.54) is 0 Å². The molecule has 2 atom stereocenters. The Kier molecular flexibility index (Phi) is 6.85. The molecule has 5 nitrogen and oxygen atoms in total. The van der Waals surface area contributed by atoms with E-state index in [4.69, 9.17) is 4.74 Å². The molecule has 0 spiro atoms. The number of benzene rings is 3. The molecule has 1 aliphatic rings. The monoisotopic (exact) mass is 428 g/mol. The number of rotatable bonds is 7. The largest absolute Gasteiger partial charge is 0.496 e. The molecular weight excluding hydrogens is 400 g/mol. The van der Waals surface area contributed by atoms with Crippen LogP contribution in [-0.2, 0) is 22.7 Å². The van der Waals surface area contributed by atoms with Gasteiger partial charge >= 0.3 is 0 Å². The predicted molar refractivity (Wildman–Crippen MR) is 124 cm³/mol. The lowest BCUT2D eigenvalue weighted by molar-refractivity contribution is -0.144. The van der Waals surface area contributed by atoms with E-state index in [-0.39, 0.29) is 23.8 Å². The topological polar surface area (TPSA) is 58.6 Å². The fourth-order valence-electron chi connectivity index (χ4n) is 4.42. The Morgan fingerprint density at radius 3 is 2.34 bits per heavy atom. The van der Waals surface area contributed by atoms with Gasteiger partial charge in [-0.15, -0.1) is 0 Å². The number of hydrogen-bond donors (Lipinski definition) is 1. The first-order chi connectivity index (χ1) is 15.7. The summed E-state index contributed by atoms with van der Waals surface area (Å²) in [4.78, 5) is 28.2. The maximum absolute atomic E-state index is 13.4. The number of carbonyl (C=O) groups excluding carboxylic acids is 2. The Balaban J connectivity index is 1.59. The van der Waals surface area contributed by atoms with Gasteiger partial charge in [-0.05, 0) is 23.6 Å². The Labute approximate surface area is 189 Å². The normalized spacial score (nSPS) is 18.3. The molecule has 0 aliphatic carbocycles. The molecule has 0 aromatic heterocycles. The summed E-state index contributed by atoms with van der Waals surface area (Å²) < 4.78 is 5.41. The second-order valence-electron chi connectivity index (χ2n) is 8.04. The third kappa shape index (κ3) is 4.83. The molecule has 0 radical (unpaired) electrons. The summed E-state index contributed by atoms with van der Waals surface area (Å²) in [5, 5.41) is 3.09. The van der Waals surface area contributed by atoms with Gasteiger partial charge in [-0.25, -0.2) is 0 Å². The van der Waals surface area contributed by atoms with Gasteiger partial charge in [0, 0.05) is 25.1 Å². The van der Waals surface area contributed by atoms with E-state index in [9.17, 15) is 9.59 Å². The first-order valence-corrected chi connectivity index (χ1v) is 11.0. The molecule has 164 valence electrons. The summed E-state index contributed by atoms with van der Waals surface area (Å²) in [6, 6.07) is 27.2. The number of methoxy groups -OCH3 is 1. The number of piperidine rings is 1. The van der Waals surface area contributed by atoms with E-state index in [0.29, 0.717) is 25.9 Å². The second-order valence-corrected chi connectivity index (χ2v) is 8.04. The molecule has 1 N–H and O–H groups in total. The first-order valence-electron chi connectivity index (χ1n) is 11.0. The van der Waals surface area contributed by atoms with Crippen molar-refractivity contribution in [3.8, 4) is 5.75 Å². The molecule has 0 unspecified atom stereocenters. The van der Waals surface area contributed by atoms with E-state index >= 15 is 0 Å². The van der Waals surface area contributed by atoms with Crippen molar-refractivity contribution >= 4 is 11.8 Å². The number of likely N-dealkylation sites (tertiary alicyclic amines) is 1. The van der Waals surface area contributed by atoms with Crippen LogP contribution in [0.5, 0.6) is 5.75 Å². The highest BCUT2D eigenvalue weighted by molar-refractivity contribution is 5.85. The standard InChI is InChI=1S/C27H28N2O3/c1-32-24-15-9-8-14-22(24)18-28-27(31)23-16-17-25(30)29(19-20-10-4-2-5-11-20)26(23)21-12-6-3-7-13-21/h2-15,23,26H,16-19H2,1H3,(H,28,31)/t23-,26+/m0/s1. The maximum atomic E-state index is 13.4. The van der Waals surface area contributed by atoms with Crippen LogP contribution in [0.4, 0.5) is 0 Å². The van der Waals surface area contributed by atoms with E-state index in [1.807, 2.05) is 89.8 Å². The summed E-state index contributed by atoms with van der Waals surface area (Å²) >= 11 is 0. The lowest BCUT2D eigenvalue weighted by atomic mass is 9.83. The number of carbonyl (C=O) groups is 2. The molecule has 1 aliphatic heterocycles. The number of hydrogen-bond acceptors (Lipinski definition) is 3. The average molecular weight is 429 g/mol. The van der Waals surface area contributed by atoms with Crippen molar-refractivity contribution in [2.24, 2.45) is 5.92 Å². The van der Waals surface area contributed by atoms with Crippen molar-refractivity contribution < 1.29 is 14.3 Å². The summed E-state index contributed by atoms with van der Waals surface area (Å²) in [5.74, 6) is 0.456. The van der Waals surface area contributed by atoms with E-state index < -0.39 is 0 Å². The van der Waals surface area contributed by atoms with Crippen molar-refractivity contribution in [3.05, 3.63) is 102 Å². The van der Waals surface area contributed by atoms with E-state index in [0.717, 1.165) is 22.4 Å². The van der Waals surface area contributed by atoms with Crippen molar-refractivity contribution in [2.75, 3.05) is 7.11 Å². The van der Waals surface area contributed by atoms with Crippen LogP contribution >= 0.6 is 0 Å². The summed E-state index contributed by atoms with van der Waals surface area (Å²) in [5.41, 5.74) is 2.96. The van der Waals surface area contributed by atoms with E-state index in [1.54, 1.807) is 7.11 Å². The van der Waals surface area contributed by atoms with Crippen molar-refractivity contribution in [1.82, 2.24) is 10.2 Å². The molecule has 3 aromatic rings. The SMILES string of the molecule is COc1ccccc1CNC(=O)[C@H]1CCC(=O)N(Cc2ccccc2)[C@@H]1c1ccccc1. The molecule has 5 heteroatoms. The minimum absolute atomic E-state index is 0.0460. The maximum Gasteiger partial charge on any atom is 0.225 e. The van der Waals surface area contributed by atoms with E-state index in [2.05, 4.69) is 5.32 Å². The zero-order valence-electron chi connectivity index (χ0n) is 18.2. The van der Waals surface area contributed by atoms with Crippen LogP contribution in [0, 0.1) is 5.92 Å². The van der Waals surface area contributed by atoms with Crippen LogP contribution in [0.15, 0.2) is 84.9 Å². The number of para-hydroxylation sites is 1. The number of nitrogens with zero attached hydrogens (tertiary/aromatic N) is 1. The second kappa shape index (κ2) is 10.1. The Bertz CT molecular complexity index is 1050. The number of amides is 2. The van der Waals surface area contributed by atoms with Crippen molar-refractivity contribution in [1.29, 1.82) is 0 Å². The van der Waals surface area contributed by atoms with Gasteiger partial charge in [-0.3, -0.25) is 9.59 Å². The zero-order valence-corrected chi connectivity index (χ0v) is 18.2. The van der Waals surface area contributed by atoms with Crippen molar-refractivity contribution in [3.63, 3.8) is 0 Å². The third-order valence-corrected chi connectivity index (χ3v) is 6.03. The van der Waals surface area contributed by atoms with Crippen LogP contribution in [0.3, 0.4) is 0 Å². The quantitative estimate of drug-likeness (QED) is 0.603. The number of ether oxygens (including phenoxy) is 1. The van der Waals surface area contributed by atoms with Gasteiger partial charge in [-0.2, -0.15) is 0 Å². The molecule has 3 aromatic carbocycles. The molecule has 4 rings (SSSR count). The lowest BCUT2D eigenvalue weighted by Gasteiger charge is -2.41. The van der Waals surface area contributed by atoms with Gasteiger partial charge in [0.1, 0.15) is 5.75 Å². The Morgan fingerprint density at radius 1 is 0.969 bits per heavy atom. The summed E-state index contributed by atoms with van der Waals surface area (Å²) in [6.45, 7) is 0.864. The summed E-state index contributed by atoms with van der Waals surface area (Å²) in [7, 11) is 1.63. The zero-order chi connectivity index (χ0) is 22.3. The van der Waals surface area contributed by atoms with Crippen LogP contribution in [0.2, 0.25) is 0 Å². The molecule has 1 heterocycles. The average Bonchev–Trinajstić information content (AvgIpc) is 2.85. The predicted octanol–water partition coefficient (Wildman–Crippen LogP) is 4.49. The van der Waals surface area contributed by atoms with Crippen LogP contribution in [0.25, 0.3) is 0 Å². The fraction of sp³-hybridized carbons (Fsp3) is 0.259. The van der Waals surface area contributed by atoms with Gasteiger partial charge in [0.15, 0.2) is 0 Å².